The molecule has 0 aliphatic carbocycles. The molecule has 1 aromatic heterocycles. The van der Waals surface area contributed by atoms with Crippen molar-refractivity contribution in [2.45, 2.75) is 0 Å². The zero-order chi connectivity index (χ0) is 14.2. The summed E-state index contributed by atoms with van der Waals surface area (Å²) in [6.07, 6.45) is 6.45. The molecule has 0 unspecified atom stereocenters. The molecule has 1 N–H and O–H groups in total. The van der Waals surface area contributed by atoms with Crippen LogP contribution in [0.4, 0.5) is 0 Å². The fourth-order valence-electron chi connectivity index (χ4n) is 1.56. The number of nitrogens with one attached hydrogen (secondary N) is 1. The van der Waals surface area contributed by atoms with Crippen molar-refractivity contribution in [1.82, 2.24) is 5.43 Å². The van der Waals surface area contributed by atoms with Crippen LogP contribution in [-0.4, -0.2) is 19.2 Å². The van der Waals surface area contributed by atoms with Crippen LogP contribution in [0.5, 0.6) is 5.75 Å². The number of hydrogen-bond acceptors (Lipinski definition) is 4. The van der Waals surface area contributed by atoms with Crippen LogP contribution in [0.3, 0.4) is 0 Å². The van der Waals surface area contributed by atoms with Gasteiger partial charge >= 0.3 is 0 Å². The predicted octanol–water partition coefficient (Wildman–Crippen LogP) is 2.72. The molecule has 20 heavy (non-hydrogen) atoms. The van der Waals surface area contributed by atoms with Gasteiger partial charge in [0.05, 0.1) is 18.9 Å². The highest BCUT2D eigenvalue weighted by atomic mass is 16.5. The maximum absolute atomic E-state index is 11.9. The Hall–Kier alpha value is -2.82. The van der Waals surface area contributed by atoms with Gasteiger partial charge in [-0.2, -0.15) is 5.10 Å². The van der Waals surface area contributed by atoms with Crippen molar-refractivity contribution in [2.24, 2.45) is 5.10 Å². The summed E-state index contributed by atoms with van der Waals surface area (Å²) in [4.78, 5) is 11.9. The lowest BCUT2D eigenvalue weighted by molar-refractivity contribution is 0.0952. The minimum atomic E-state index is -0.329. The molecule has 2 aromatic rings. The molecular weight excluding hydrogens is 256 g/mol. The van der Waals surface area contributed by atoms with Gasteiger partial charge in [0.25, 0.3) is 5.91 Å². The molecule has 1 amide bonds. The first kappa shape index (κ1) is 13.6. The van der Waals surface area contributed by atoms with E-state index in [9.17, 15) is 4.79 Å². The summed E-state index contributed by atoms with van der Waals surface area (Å²) in [5.41, 5.74) is 2.85. The summed E-state index contributed by atoms with van der Waals surface area (Å²) < 4.78 is 10.2. The number of hydrazone groups is 1. The minimum Gasteiger partial charge on any atom is -0.496 e. The van der Waals surface area contributed by atoms with Crippen LogP contribution < -0.4 is 10.2 Å². The van der Waals surface area contributed by atoms with Crippen LogP contribution in [0.1, 0.15) is 16.1 Å². The molecule has 0 atom stereocenters. The Bertz CT molecular complexity index is 616. The third-order valence-electron chi connectivity index (χ3n) is 2.48. The smallest absolute Gasteiger partial charge is 0.275 e. The summed E-state index contributed by atoms with van der Waals surface area (Å²) >= 11 is 0. The largest absolute Gasteiger partial charge is 0.496 e. The average Bonchev–Trinajstić information content (AvgIpc) is 3.00. The second-order valence-electron chi connectivity index (χ2n) is 3.79. The first-order chi connectivity index (χ1) is 9.81. The number of rotatable bonds is 5. The van der Waals surface area contributed by atoms with Gasteiger partial charge in [0.1, 0.15) is 11.5 Å². The molecule has 0 saturated carbocycles. The number of amides is 1. The molecule has 0 aliphatic rings. The van der Waals surface area contributed by atoms with E-state index in [2.05, 4.69) is 10.5 Å². The van der Waals surface area contributed by atoms with Crippen LogP contribution in [0, 0.1) is 0 Å². The first-order valence-corrected chi connectivity index (χ1v) is 5.98. The molecule has 0 aliphatic heterocycles. The zero-order valence-electron chi connectivity index (χ0n) is 10.9. The molecule has 1 heterocycles. The van der Waals surface area contributed by atoms with Gasteiger partial charge in [-0.05, 0) is 36.4 Å². The molecule has 5 nitrogen and oxygen atoms in total. The van der Waals surface area contributed by atoms with Crippen LogP contribution >= 0.6 is 0 Å². The topological polar surface area (TPSA) is 63.8 Å². The molecule has 0 saturated heterocycles. The van der Waals surface area contributed by atoms with E-state index in [1.165, 1.54) is 13.3 Å². The first-order valence-electron chi connectivity index (χ1n) is 5.98. The summed E-state index contributed by atoms with van der Waals surface area (Å²) in [6.45, 7) is 0. The molecule has 0 radical (unpaired) electrons. The van der Waals surface area contributed by atoms with E-state index in [1.807, 2.05) is 6.07 Å². The van der Waals surface area contributed by atoms with Gasteiger partial charge in [0.2, 0.25) is 0 Å². The number of benzene rings is 1. The molecule has 5 heteroatoms. The fourth-order valence-corrected chi connectivity index (χ4v) is 1.56. The molecule has 0 bridgehead atoms. The third-order valence-corrected chi connectivity index (χ3v) is 2.48. The number of nitrogens with zero attached hydrogens (tertiary/aromatic N) is 1. The summed E-state index contributed by atoms with van der Waals surface area (Å²) in [6, 6.07) is 10.6. The quantitative estimate of drug-likeness (QED) is 0.671. The lowest BCUT2D eigenvalue weighted by atomic mass is 10.2. The van der Waals surface area contributed by atoms with Gasteiger partial charge in [-0.3, -0.25) is 4.79 Å². The number of hydrogen-bond donors (Lipinski definition) is 1. The normalized spacial score (nSPS) is 11.1. The van der Waals surface area contributed by atoms with Gasteiger partial charge in [0.15, 0.2) is 0 Å². The van der Waals surface area contributed by atoms with Crippen molar-refractivity contribution < 1.29 is 13.9 Å². The lowest BCUT2D eigenvalue weighted by Gasteiger charge is -2.05. The standard InChI is InChI=1S/C15H14N2O3/c1-19-14-9-3-2-8-13(14)15(18)17-16-10-4-6-12-7-5-11-20-12/h2-11H,1H3,(H,17,18)/b6-4-,16-10?. The molecule has 0 spiro atoms. The number of methoxy groups -OCH3 is 1. The number of para-hydroxylation sites is 1. The SMILES string of the molecule is COc1ccccc1C(=O)NN=C/C=C\c1ccco1. The third kappa shape index (κ3) is 3.58. The summed E-state index contributed by atoms with van der Waals surface area (Å²) in [7, 11) is 1.52. The molecule has 1 aromatic carbocycles. The van der Waals surface area contributed by atoms with Gasteiger partial charge in [-0.25, -0.2) is 5.43 Å². The van der Waals surface area contributed by atoms with Crippen molar-refractivity contribution in [3.8, 4) is 5.75 Å². The Morgan fingerprint density at radius 1 is 1.30 bits per heavy atom. The van der Waals surface area contributed by atoms with Gasteiger partial charge in [0, 0.05) is 6.21 Å². The van der Waals surface area contributed by atoms with E-state index < -0.39 is 0 Å². The molecule has 2 rings (SSSR count). The van der Waals surface area contributed by atoms with Crippen LogP contribution in [0.25, 0.3) is 6.08 Å². The zero-order valence-corrected chi connectivity index (χ0v) is 10.9. The number of allylic oxidation sites excluding steroid dienone is 1. The van der Waals surface area contributed by atoms with E-state index in [1.54, 1.807) is 48.7 Å². The summed E-state index contributed by atoms with van der Waals surface area (Å²) in [5.74, 6) is 0.893. The second-order valence-corrected chi connectivity index (χ2v) is 3.79. The Morgan fingerprint density at radius 2 is 2.15 bits per heavy atom. The highest BCUT2D eigenvalue weighted by Crippen LogP contribution is 2.16. The number of ether oxygens (including phenoxy) is 1. The predicted molar refractivity (Wildman–Crippen MR) is 76.7 cm³/mol. The number of carbonyl (C=O) groups excluding carboxylic acids is 1. The lowest BCUT2D eigenvalue weighted by Crippen LogP contribution is -2.18. The van der Waals surface area contributed by atoms with E-state index in [4.69, 9.17) is 9.15 Å². The summed E-state index contributed by atoms with van der Waals surface area (Å²) in [5, 5.41) is 3.81. The van der Waals surface area contributed by atoms with Gasteiger partial charge in [-0.1, -0.05) is 12.1 Å². The van der Waals surface area contributed by atoms with Crippen molar-refractivity contribution in [1.29, 1.82) is 0 Å². The Labute approximate surface area is 116 Å². The average molecular weight is 270 g/mol. The number of furan rings is 1. The highest BCUT2D eigenvalue weighted by molar-refractivity contribution is 5.97. The maximum Gasteiger partial charge on any atom is 0.275 e. The monoisotopic (exact) mass is 270 g/mol. The Kier molecular flexibility index (Phi) is 4.72. The number of carbonyl (C=O) groups is 1. The van der Waals surface area contributed by atoms with Crippen LogP contribution in [0.2, 0.25) is 0 Å². The second kappa shape index (κ2) is 6.94. The fraction of sp³-hybridized carbons (Fsp3) is 0.0667. The molecule has 102 valence electrons. The van der Waals surface area contributed by atoms with Crippen molar-refractivity contribution in [2.75, 3.05) is 7.11 Å². The van der Waals surface area contributed by atoms with E-state index in [-0.39, 0.29) is 5.91 Å². The van der Waals surface area contributed by atoms with Crippen molar-refractivity contribution >= 4 is 18.2 Å². The maximum atomic E-state index is 11.9. The van der Waals surface area contributed by atoms with Crippen molar-refractivity contribution in [3.63, 3.8) is 0 Å². The van der Waals surface area contributed by atoms with Crippen molar-refractivity contribution in [3.05, 3.63) is 60.1 Å². The Balaban J connectivity index is 1.92. The van der Waals surface area contributed by atoms with Gasteiger partial charge in [-0.15, -0.1) is 0 Å². The van der Waals surface area contributed by atoms with E-state index >= 15 is 0 Å². The van der Waals surface area contributed by atoms with E-state index in [0.29, 0.717) is 17.1 Å². The highest BCUT2D eigenvalue weighted by Gasteiger charge is 2.09. The van der Waals surface area contributed by atoms with Crippen LogP contribution in [0.15, 0.2) is 58.3 Å². The molecular formula is C15H14N2O3. The molecule has 0 fully saturated rings. The minimum absolute atomic E-state index is 0.329. The van der Waals surface area contributed by atoms with E-state index in [0.717, 1.165) is 0 Å². The van der Waals surface area contributed by atoms with Gasteiger partial charge < -0.3 is 9.15 Å². The Morgan fingerprint density at radius 3 is 2.90 bits per heavy atom. The van der Waals surface area contributed by atoms with Crippen LogP contribution in [-0.2, 0) is 0 Å².